The van der Waals surface area contributed by atoms with Crippen LogP contribution in [0.15, 0.2) is 30.6 Å². The molecular weight excluding hydrogens is 404 g/mol. The Morgan fingerprint density at radius 3 is 2.52 bits per heavy atom. The van der Waals surface area contributed by atoms with Gasteiger partial charge in [0.25, 0.3) is 0 Å². The minimum absolute atomic E-state index is 0.229. The van der Waals surface area contributed by atoms with E-state index in [0.717, 1.165) is 48.6 Å². The van der Waals surface area contributed by atoms with E-state index in [-0.39, 0.29) is 5.91 Å². The van der Waals surface area contributed by atoms with Crippen molar-refractivity contribution in [3.63, 3.8) is 0 Å². The van der Waals surface area contributed by atoms with Crippen molar-refractivity contribution in [3.8, 4) is 11.3 Å². The molecule has 1 saturated heterocycles. The Hall–Kier alpha value is -1.99. The number of hydrogen-bond donors (Lipinski definition) is 0. The van der Waals surface area contributed by atoms with Gasteiger partial charge in [0.1, 0.15) is 12.5 Å². The van der Waals surface area contributed by atoms with Crippen LogP contribution in [-0.2, 0) is 16.3 Å². The Morgan fingerprint density at radius 1 is 1.10 bits per heavy atom. The summed E-state index contributed by atoms with van der Waals surface area (Å²) >= 11 is 0. The Bertz CT molecular complexity index is 871. The van der Waals surface area contributed by atoms with E-state index in [1.807, 2.05) is 27.8 Å². The molecule has 1 aliphatic heterocycles. The van der Waals surface area contributed by atoms with Crippen LogP contribution >= 0.6 is 0 Å². The Morgan fingerprint density at radius 2 is 1.84 bits per heavy atom. The summed E-state index contributed by atoms with van der Waals surface area (Å²) in [7, 11) is -1.15. The van der Waals surface area contributed by atoms with Crippen LogP contribution in [0, 0.1) is 11.8 Å². The van der Waals surface area contributed by atoms with E-state index < -0.39 is 8.07 Å². The van der Waals surface area contributed by atoms with Gasteiger partial charge in [-0.05, 0) is 36.4 Å². The minimum atomic E-state index is -1.15. The van der Waals surface area contributed by atoms with Crippen molar-refractivity contribution in [3.05, 3.63) is 30.6 Å². The molecular formula is C24H36N4O2Si. The van der Waals surface area contributed by atoms with Crippen LogP contribution in [-0.4, -0.2) is 41.9 Å². The maximum absolute atomic E-state index is 13.2. The lowest BCUT2D eigenvalue weighted by Gasteiger charge is -2.34. The normalized spacial score (nSPS) is 20.5. The summed E-state index contributed by atoms with van der Waals surface area (Å²) in [5.41, 5.74) is 1.86. The molecule has 1 unspecified atom stereocenters. The number of pyridine rings is 1. The van der Waals surface area contributed by atoms with Crippen LogP contribution in [0.25, 0.3) is 11.3 Å². The fourth-order valence-electron chi connectivity index (χ4n) is 4.84. The number of carbonyl (C=O) groups excluding carboxylic acids is 1. The molecule has 6 nitrogen and oxygen atoms in total. The van der Waals surface area contributed by atoms with Crippen LogP contribution in [0.2, 0.25) is 25.7 Å². The van der Waals surface area contributed by atoms with Crippen molar-refractivity contribution in [1.82, 2.24) is 14.8 Å². The number of amides is 1. The molecule has 0 aromatic carbocycles. The first-order chi connectivity index (χ1) is 14.9. The average molecular weight is 441 g/mol. The third-order valence-electron chi connectivity index (χ3n) is 6.75. The number of ether oxygens (including phenoxy) is 1. The molecule has 7 heteroatoms. The number of rotatable bonds is 8. The summed E-state index contributed by atoms with van der Waals surface area (Å²) < 4.78 is 7.87. The van der Waals surface area contributed by atoms with Crippen molar-refractivity contribution in [2.24, 2.45) is 11.8 Å². The number of nitrogens with zero attached hydrogens (tertiary/aromatic N) is 4. The van der Waals surface area contributed by atoms with Gasteiger partial charge >= 0.3 is 0 Å². The van der Waals surface area contributed by atoms with Gasteiger partial charge in [0.15, 0.2) is 0 Å². The van der Waals surface area contributed by atoms with Crippen LogP contribution in [0.1, 0.15) is 38.5 Å². The van der Waals surface area contributed by atoms with Gasteiger partial charge in [-0.1, -0.05) is 45.3 Å². The quantitative estimate of drug-likeness (QED) is 0.419. The average Bonchev–Trinajstić information content (AvgIpc) is 3.42. The van der Waals surface area contributed by atoms with Crippen LogP contribution in [0.4, 0.5) is 5.82 Å². The number of carbonyl (C=O) groups is 1. The highest BCUT2D eigenvalue weighted by Crippen LogP contribution is 2.38. The maximum Gasteiger partial charge on any atom is 0.228 e. The molecule has 2 aromatic rings. The highest BCUT2D eigenvalue weighted by molar-refractivity contribution is 6.76. The molecule has 4 rings (SSSR count). The van der Waals surface area contributed by atoms with Gasteiger partial charge in [0.05, 0.1) is 5.69 Å². The molecule has 1 atom stereocenters. The second-order valence-corrected chi connectivity index (χ2v) is 15.9. The predicted molar refractivity (Wildman–Crippen MR) is 127 cm³/mol. The lowest BCUT2D eigenvalue weighted by Crippen LogP contribution is -2.41. The van der Waals surface area contributed by atoms with E-state index in [1.54, 1.807) is 12.4 Å². The van der Waals surface area contributed by atoms with Crippen molar-refractivity contribution < 1.29 is 9.53 Å². The first kappa shape index (κ1) is 22.2. The van der Waals surface area contributed by atoms with Gasteiger partial charge in [-0.2, -0.15) is 5.10 Å². The highest BCUT2D eigenvalue weighted by atomic mass is 28.3. The van der Waals surface area contributed by atoms with Crippen LogP contribution < -0.4 is 4.90 Å². The fourth-order valence-corrected chi connectivity index (χ4v) is 5.60. The molecule has 0 radical (unpaired) electrons. The van der Waals surface area contributed by atoms with Gasteiger partial charge in [-0.25, -0.2) is 4.68 Å². The molecule has 0 N–H and O–H groups in total. The summed E-state index contributed by atoms with van der Waals surface area (Å²) in [5.74, 6) is 2.38. The maximum atomic E-state index is 13.2. The largest absolute Gasteiger partial charge is 0.359 e. The van der Waals surface area contributed by atoms with Crippen molar-refractivity contribution in [2.45, 2.75) is 70.9 Å². The first-order valence-electron chi connectivity index (χ1n) is 11.8. The summed E-state index contributed by atoms with van der Waals surface area (Å²) in [5, 5.41) is 4.80. The van der Waals surface area contributed by atoms with E-state index in [1.165, 1.54) is 25.7 Å². The highest BCUT2D eigenvalue weighted by Gasteiger charge is 2.34. The molecule has 168 valence electrons. The number of piperidine rings is 1. The standard InChI is InChI=1S/C24H36N4O2Si/c1-31(2,3)15-14-30-18-28-23(17-22(26-28)20-8-11-25-12-9-20)27-13-10-21(16-24(27)29)19-6-4-5-7-19/h8-9,11-12,17,19,21H,4-7,10,13-16,18H2,1-3H3. The Labute approximate surface area is 187 Å². The Balaban J connectivity index is 1.50. The molecule has 2 aromatic heterocycles. The minimum Gasteiger partial charge on any atom is -0.359 e. The van der Waals surface area contributed by atoms with Gasteiger partial charge in [-0.3, -0.25) is 14.7 Å². The van der Waals surface area contributed by atoms with E-state index in [2.05, 4.69) is 24.6 Å². The molecule has 0 spiro atoms. The molecule has 3 heterocycles. The number of hydrogen-bond acceptors (Lipinski definition) is 4. The van der Waals surface area contributed by atoms with E-state index in [0.29, 0.717) is 19.1 Å². The molecule has 2 fully saturated rings. The Kier molecular flexibility index (Phi) is 6.91. The number of aromatic nitrogens is 3. The summed E-state index contributed by atoms with van der Waals surface area (Å²) in [4.78, 5) is 19.2. The van der Waals surface area contributed by atoms with E-state index >= 15 is 0 Å². The molecule has 2 aliphatic rings. The van der Waals surface area contributed by atoms with Crippen molar-refractivity contribution in [1.29, 1.82) is 0 Å². The van der Waals surface area contributed by atoms with Gasteiger partial charge in [0, 0.05) is 51.7 Å². The molecule has 1 saturated carbocycles. The van der Waals surface area contributed by atoms with Crippen molar-refractivity contribution >= 4 is 19.8 Å². The second kappa shape index (κ2) is 9.65. The van der Waals surface area contributed by atoms with Crippen LogP contribution in [0.5, 0.6) is 0 Å². The van der Waals surface area contributed by atoms with Gasteiger partial charge in [0.2, 0.25) is 5.91 Å². The first-order valence-corrected chi connectivity index (χ1v) is 15.5. The smallest absolute Gasteiger partial charge is 0.228 e. The fraction of sp³-hybridized carbons (Fsp3) is 0.625. The zero-order chi connectivity index (χ0) is 21.8. The lowest BCUT2D eigenvalue weighted by molar-refractivity contribution is -0.121. The molecule has 1 amide bonds. The zero-order valence-electron chi connectivity index (χ0n) is 19.2. The zero-order valence-corrected chi connectivity index (χ0v) is 20.2. The topological polar surface area (TPSA) is 60.2 Å². The monoisotopic (exact) mass is 440 g/mol. The second-order valence-electron chi connectivity index (χ2n) is 10.3. The van der Waals surface area contributed by atoms with Gasteiger partial charge < -0.3 is 4.74 Å². The summed E-state index contributed by atoms with van der Waals surface area (Å²) in [6.07, 6.45) is 10.6. The van der Waals surface area contributed by atoms with Gasteiger partial charge in [-0.15, -0.1) is 0 Å². The number of anilines is 1. The summed E-state index contributed by atoms with van der Waals surface area (Å²) in [6, 6.07) is 7.06. The lowest BCUT2D eigenvalue weighted by atomic mass is 9.83. The summed E-state index contributed by atoms with van der Waals surface area (Å²) in [6.45, 7) is 8.94. The van der Waals surface area contributed by atoms with Crippen molar-refractivity contribution in [2.75, 3.05) is 18.1 Å². The predicted octanol–water partition coefficient (Wildman–Crippen LogP) is 5.19. The van der Waals surface area contributed by atoms with Crippen LogP contribution in [0.3, 0.4) is 0 Å². The molecule has 1 aliphatic carbocycles. The van der Waals surface area contributed by atoms with E-state index in [9.17, 15) is 4.79 Å². The third kappa shape index (κ3) is 5.63. The molecule has 31 heavy (non-hydrogen) atoms. The van der Waals surface area contributed by atoms with E-state index in [4.69, 9.17) is 9.84 Å². The molecule has 0 bridgehead atoms. The third-order valence-corrected chi connectivity index (χ3v) is 8.45. The SMILES string of the molecule is C[Si](C)(C)CCOCn1nc(-c2ccncc2)cc1N1CCC(C2CCCC2)CC1=O.